The Kier molecular flexibility index (Phi) is 2.67. The average Bonchev–Trinajstić information content (AvgIpc) is 2.69. The maximum Gasteiger partial charge on any atom is 0.0608 e. The maximum absolute atomic E-state index is 9.93. The summed E-state index contributed by atoms with van der Waals surface area (Å²) >= 11 is 1.83. The Morgan fingerprint density at radius 3 is 2.64 bits per heavy atom. The summed E-state index contributed by atoms with van der Waals surface area (Å²) in [5.74, 6) is 0.604. The molecule has 0 amide bonds. The van der Waals surface area contributed by atoms with Gasteiger partial charge < -0.3 is 5.11 Å². The highest BCUT2D eigenvalue weighted by atomic mass is 32.1. The molecule has 2 unspecified atom stereocenters. The van der Waals surface area contributed by atoms with Crippen molar-refractivity contribution in [1.29, 1.82) is 0 Å². The van der Waals surface area contributed by atoms with Gasteiger partial charge in [-0.3, -0.25) is 0 Å². The van der Waals surface area contributed by atoms with Gasteiger partial charge in [-0.1, -0.05) is 19.9 Å². The first kappa shape index (κ1) is 10.2. The van der Waals surface area contributed by atoms with Crippen LogP contribution in [0.15, 0.2) is 17.5 Å². The van der Waals surface area contributed by atoms with E-state index in [4.69, 9.17) is 0 Å². The van der Waals surface area contributed by atoms with E-state index in [1.165, 1.54) is 4.88 Å². The lowest BCUT2D eigenvalue weighted by atomic mass is 9.54. The lowest BCUT2D eigenvalue weighted by Crippen LogP contribution is -2.50. The normalized spacial score (nSPS) is 29.9. The zero-order valence-electron chi connectivity index (χ0n) is 8.86. The average molecular weight is 210 g/mol. The van der Waals surface area contributed by atoms with Crippen LogP contribution in [0, 0.1) is 5.41 Å². The molecule has 1 aromatic heterocycles. The fourth-order valence-electron chi connectivity index (χ4n) is 2.87. The number of aliphatic hydroxyl groups excluding tert-OH is 1. The predicted molar refractivity (Wildman–Crippen MR) is 60.7 cm³/mol. The summed E-state index contributed by atoms with van der Waals surface area (Å²) in [6.45, 7) is 4.40. The molecule has 14 heavy (non-hydrogen) atoms. The van der Waals surface area contributed by atoms with Crippen LogP contribution in [0.2, 0.25) is 0 Å². The molecule has 0 bridgehead atoms. The third kappa shape index (κ3) is 1.24. The molecule has 78 valence electrons. The van der Waals surface area contributed by atoms with E-state index < -0.39 is 0 Å². The van der Waals surface area contributed by atoms with Gasteiger partial charge >= 0.3 is 0 Å². The molecular weight excluding hydrogens is 192 g/mol. The second-order valence-electron chi connectivity index (χ2n) is 4.26. The standard InChI is InChI=1S/C12H18OS/c1-3-12(4-2)9(8-11(12)13)10-6-5-7-14-10/h5-7,9,11,13H,3-4,8H2,1-2H3. The summed E-state index contributed by atoms with van der Waals surface area (Å²) in [5, 5.41) is 12.1. The quantitative estimate of drug-likeness (QED) is 0.810. The van der Waals surface area contributed by atoms with Crippen LogP contribution < -0.4 is 0 Å². The van der Waals surface area contributed by atoms with Gasteiger partial charge in [-0.15, -0.1) is 11.3 Å². The fraction of sp³-hybridized carbons (Fsp3) is 0.667. The molecule has 0 saturated heterocycles. The van der Waals surface area contributed by atoms with Gasteiger partial charge in [0.2, 0.25) is 0 Å². The van der Waals surface area contributed by atoms with Gasteiger partial charge in [0.05, 0.1) is 6.10 Å². The zero-order valence-corrected chi connectivity index (χ0v) is 9.68. The van der Waals surface area contributed by atoms with E-state index in [1.54, 1.807) is 0 Å². The Morgan fingerprint density at radius 2 is 2.21 bits per heavy atom. The Morgan fingerprint density at radius 1 is 1.50 bits per heavy atom. The molecule has 1 saturated carbocycles. The van der Waals surface area contributed by atoms with E-state index in [9.17, 15) is 5.11 Å². The van der Waals surface area contributed by atoms with Crippen LogP contribution in [0.5, 0.6) is 0 Å². The van der Waals surface area contributed by atoms with E-state index in [-0.39, 0.29) is 11.5 Å². The van der Waals surface area contributed by atoms with Crippen molar-refractivity contribution in [2.24, 2.45) is 5.41 Å². The molecule has 0 spiro atoms. The van der Waals surface area contributed by atoms with Gasteiger partial charge in [-0.25, -0.2) is 0 Å². The maximum atomic E-state index is 9.93. The van der Waals surface area contributed by atoms with Crippen molar-refractivity contribution >= 4 is 11.3 Å². The van der Waals surface area contributed by atoms with Crippen LogP contribution in [0.1, 0.15) is 43.9 Å². The second kappa shape index (κ2) is 3.67. The zero-order chi connectivity index (χ0) is 10.2. The first-order chi connectivity index (χ1) is 6.74. The molecule has 1 aromatic rings. The topological polar surface area (TPSA) is 20.2 Å². The largest absolute Gasteiger partial charge is 0.393 e. The van der Waals surface area contributed by atoms with Gasteiger partial charge in [0.1, 0.15) is 0 Å². The highest BCUT2D eigenvalue weighted by molar-refractivity contribution is 7.10. The number of rotatable bonds is 3. The lowest BCUT2D eigenvalue weighted by molar-refractivity contribution is -0.0920. The molecule has 2 heteroatoms. The van der Waals surface area contributed by atoms with Crippen molar-refractivity contribution < 1.29 is 5.11 Å². The predicted octanol–water partition coefficient (Wildman–Crippen LogP) is 3.40. The Hall–Kier alpha value is -0.340. The van der Waals surface area contributed by atoms with Crippen molar-refractivity contribution in [2.75, 3.05) is 0 Å². The molecule has 1 fully saturated rings. The number of aliphatic hydroxyl groups is 1. The number of hydrogen-bond acceptors (Lipinski definition) is 2. The smallest absolute Gasteiger partial charge is 0.0608 e. The molecule has 0 aliphatic heterocycles. The monoisotopic (exact) mass is 210 g/mol. The van der Waals surface area contributed by atoms with Crippen molar-refractivity contribution in [2.45, 2.75) is 45.1 Å². The summed E-state index contributed by atoms with van der Waals surface area (Å²) in [7, 11) is 0. The third-order valence-corrected chi connectivity index (χ3v) is 5.01. The van der Waals surface area contributed by atoms with E-state index in [2.05, 4.69) is 31.4 Å². The minimum absolute atomic E-state index is 0.0791. The second-order valence-corrected chi connectivity index (χ2v) is 5.24. The summed E-state index contributed by atoms with van der Waals surface area (Å²) < 4.78 is 0. The van der Waals surface area contributed by atoms with Crippen LogP contribution in [0.3, 0.4) is 0 Å². The minimum atomic E-state index is -0.0791. The summed E-state index contributed by atoms with van der Waals surface area (Å²) in [5.41, 5.74) is 0.171. The molecule has 2 rings (SSSR count). The van der Waals surface area contributed by atoms with Crippen LogP contribution in [-0.4, -0.2) is 11.2 Å². The van der Waals surface area contributed by atoms with E-state index in [0.717, 1.165) is 19.3 Å². The van der Waals surface area contributed by atoms with Crippen molar-refractivity contribution in [1.82, 2.24) is 0 Å². The molecule has 0 radical (unpaired) electrons. The van der Waals surface area contributed by atoms with Gasteiger partial charge in [-0.2, -0.15) is 0 Å². The number of hydrogen-bond donors (Lipinski definition) is 1. The molecular formula is C12H18OS. The Bertz CT molecular complexity index is 287. The molecule has 1 N–H and O–H groups in total. The Balaban J connectivity index is 2.23. The van der Waals surface area contributed by atoms with E-state index >= 15 is 0 Å². The third-order valence-electron chi connectivity index (χ3n) is 4.02. The van der Waals surface area contributed by atoms with Crippen molar-refractivity contribution in [3.8, 4) is 0 Å². The van der Waals surface area contributed by atoms with Crippen LogP contribution in [0.25, 0.3) is 0 Å². The molecule has 1 aliphatic rings. The van der Waals surface area contributed by atoms with Gasteiger partial charge in [0, 0.05) is 16.2 Å². The Labute approximate surface area is 89.8 Å². The van der Waals surface area contributed by atoms with Crippen LogP contribution >= 0.6 is 11.3 Å². The highest BCUT2D eigenvalue weighted by Crippen LogP contribution is 2.57. The number of thiophene rings is 1. The molecule has 0 aromatic carbocycles. The first-order valence-electron chi connectivity index (χ1n) is 5.46. The lowest BCUT2D eigenvalue weighted by Gasteiger charge is -2.53. The van der Waals surface area contributed by atoms with Crippen LogP contribution in [-0.2, 0) is 0 Å². The van der Waals surface area contributed by atoms with Crippen molar-refractivity contribution in [3.63, 3.8) is 0 Å². The first-order valence-corrected chi connectivity index (χ1v) is 6.34. The van der Waals surface area contributed by atoms with Gasteiger partial charge in [0.15, 0.2) is 0 Å². The van der Waals surface area contributed by atoms with E-state index in [1.807, 2.05) is 11.3 Å². The summed E-state index contributed by atoms with van der Waals surface area (Å²) in [4.78, 5) is 1.46. The van der Waals surface area contributed by atoms with Crippen molar-refractivity contribution in [3.05, 3.63) is 22.4 Å². The fourth-order valence-corrected chi connectivity index (χ4v) is 3.83. The summed E-state index contributed by atoms with van der Waals surface area (Å²) in [6, 6.07) is 4.32. The molecule has 2 atom stereocenters. The van der Waals surface area contributed by atoms with Gasteiger partial charge in [0.25, 0.3) is 0 Å². The molecule has 1 aliphatic carbocycles. The highest BCUT2D eigenvalue weighted by Gasteiger charge is 2.52. The van der Waals surface area contributed by atoms with E-state index in [0.29, 0.717) is 5.92 Å². The SMILES string of the molecule is CCC1(CC)C(O)CC1c1cccs1. The van der Waals surface area contributed by atoms with Gasteiger partial charge in [-0.05, 0) is 30.7 Å². The minimum Gasteiger partial charge on any atom is -0.393 e. The van der Waals surface area contributed by atoms with Crippen LogP contribution in [0.4, 0.5) is 0 Å². The molecule has 1 nitrogen and oxygen atoms in total. The summed E-state index contributed by atoms with van der Waals surface area (Å²) in [6.07, 6.45) is 3.06. The molecule has 1 heterocycles.